The van der Waals surface area contributed by atoms with Gasteiger partial charge >= 0.3 is 12.1 Å². The molecule has 4 aromatic rings. The van der Waals surface area contributed by atoms with E-state index < -0.39 is 17.7 Å². The molecular weight excluding hydrogens is 658 g/mol. The Morgan fingerprint density at radius 2 is 1.73 bits per heavy atom. The third-order valence-electron chi connectivity index (χ3n) is 9.83. The number of amides is 1. The molecule has 2 aromatic carbocycles. The van der Waals surface area contributed by atoms with Gasteiger partial charge in [0.2, 0.25) is 0 Å². The second kappa shape index (κ2) is 14.0. The summed E-state index contributed by atoms with van der Waals surface area (Å²) in [6.45, 7) is 16.5. The number of carbonyl (C=O) groups is 3. The number of aryl methyl sites for hydroxylation is 1. The Morgan fingerprint density at radius 3 is 2.37 bits per heavy atom. The first kappa shape index (κ1) is 36.5. The van der Waals surface area contributed by atoms with Gasteiger partial charge in [0.05, 0.1) is 30.2 Å². The fraction of sp³-hybridized carbons (Fsp3) is 0.415. The zero-order chi connectivity index (χ0) is 37.5. The highest BCUT2D eigenvalue weighted by Crippen LogP contribution is 2.47. The van der Waals surface area contributed by atoms with Crippen molar-refractivity contribution in [2.75, 3.05) is 30.4 Å². The van der Waals surface area contributed by atoms with Crippen LogP contribution in [0.3, 0.4) is 0 Å². The lowest BCUT2D eigenvalue weighted by Gasteiger charge is -2.31. The molecule has 0 bridgehead atoms. The molecule has 2 atom stereocenters. The maximum absolute atomic E-state index is 13.4. The molecule has 1 saturated carbocycles. The molecule has 1 aliphatic heterocycles. The van der Waals surface area contributed by atoms with Crippen LogP contribution in [0.25, 0.3) is 22.0 Å². The Bertz CT molecular complexity index is 2030. The number of benzene rings is 2. The summed E-state index contributed by atoms with van der Waals surface area (Å²) in [5.74, 6) is 0.959. The Labute approximate surface area is 305 Å². The average Bonchev–Trinajstić information content (AvgIpc) is 3.71. The predicted octanol–water partition coefficient (Wildman–Crippen LogP) is 8.06. The van der Waals surface area contributed by atoms with Crippen molar-refractivity contribution in [2.45, 2.75) is 71.6 Å². The van der Waals surface area contributed by atoms with Gasteiger partial charge in [0, 0.05) is 71.7 Å². The quantitative estimate of drug-likeness (QED) is 0.0957. The maximum atomic E-state index is 13.4. The van der Waals surface area contributed by atoms with E-state index >= 15 is 0 Å². The normalized spacial score (nSPS) is 19.8. The molecule has 2 fully saturated rings. The monoisotopic (exact) mass is 707 g/mol. The second-order valence-corrected chi connectivity index (χ2v) is 15.5. The summed E-state index contributed by atoms with van der Waals surface area (Å²) in [7, 11) is 3.56. The largest absolute Gasteiger partial charge is 0.494 e. The summed E-state index contributed by atoms with van der Waals surface area (Å²) in [6, 6.07) is 13.5. The van der Waals surface area contributed by atoms with Gasteiger partial charge < -0.3 is 34.3 Å². The van der Waals surface area contributed by atoms with Crippen molar-refractivity contribution >= 4 is 45.9 Å². The molecule has 1 amide bonds. The number of nitrogens with zero attached hydrogens (tertiary/aromatic N) is 3. The Balaban J connectivity index is 1.30. The van der Waals surface area contributed by atoms with Crippen LogP contribution in [0.2, 0.25) is 0 Å². The zero-order valence-corrected chi connectivity index (χ0v) is 31.3. The molecule has 0 spiro atoms. The van der Waals surface area contributed by atoms with Gasteiger partial charge in [-0.3, -0.25) is 4.79 Å². The van der Waals surface area contributed by atoms with Crippen molar-refractivity contribution in [2.24, 2.45) is 18.9 Å². The van der Waals surface area contributed by atoms with Gasteiger partial charge in [0.1, 0.15) is 17.2 Å². The fourth-order valence-electron chi connectivity index (χ4n) is 7.78. The molecular formula is C41H49N5O6. The molecule has 3 heterocycles. The van der Waals surface area contributed by atoms with E-state index in [9.17, 15) is 14.4 Å². The van der Waals surface area contributed by atoms with Crippen LogP contribution in [-0.4, -0.2) is 64.8 Å². The summed E-state index contributed by atoms with van der Waals surface area (Å²) in [6.07, 6.45) is 5.74. The summed E-state index contributed by atoms with van der Waals surface area (Å²) in [4.78, 5) is 46.2. The van der Waals surface area contributed by atoms with E-state index in [1.165, 1.54) is 12.3 Å². The summed E-state index contributed by atoms with van der Waals surface area (Å²) in [5, 5.41) is 7.47. The molecule has 274 valence electrons. The number of hydrogen-bond donors (Lipinski definition) is 2. The molecule has 2 aromatic heterocycles. The minimum Gasteiger partial charge on any atom is -0.494 e. The van der Waals surface area contributed by atoms with Crippen LogP contribution < -0.4 is 20.3 Å². The second-order valence-electron chi connectivity index (χ2n) is 15.5. The number of nitrogens with one attached hydrogen (secondary N) is 2. The smallest absolute Gasteiger partial charge is 0.408 e. The number of anilines is 3. The first-order valence-corrected chi connectivity index (χ1v) is 17.8. The molecule has 52 heavy (non-hydrogen) atoms. The summed E-state index contributed by atoms with van der Waals surface area (Å²) in [5.41, 5.74) is 3.74. The van der Waals surface area contributed by atoms with Crippen molar-refractivity contribution in [3.8, 4) is 16.9 Å². The van der Waals surface area contributed by atoms with E-state index in [4.69, 9.17) is 14.2 Å². The number of hydrogen-bond acceptors (Lipinski definition) is 9. The summed E-state index contributed by atoms with van der Waals surface area (Å²) >= 11 is 0. The first-order chi connectivity index (χ1) is 24.6. The number of carbonyl (C=O) groups excluding carboxylic acids is 3. The van der Waals surface area contributed by atoms with Gasteiger partial charge in [-0.05, 0) is 90.5 Å². The highest BCUT2D eigenvalue weighted by Gasteiger charge is 2.48. The number of rotatable bonds is 10. The number of pyridine rings is 1. The van der Waals surface area contributed by atoms with E-state index in [0.717, 1.165) is 48.1 Å². The topological polar surface area (TPSA) is 124 Å². The minimum absolute atomic E-state index is 0.217. The number of ketones is 1. The Morgan fingerprint density at radius 1 is 1.04 bits per heavy atom. The van der Waals surface area contributed by atoms with E-state index in [2.05, 4.69) is 34.0 Å². The summed E-state index contributed by atoms with van der Waals surface area (Å²) < 4.78 is 19.0. The number of alkyl carbamates (subject to hydrolysis) is 1. The van der Waals surface area contributed by atoms with Gasteiger partial charge in [-0.2, -0.15) is 0 Å². The van der Waals surface area contributed by atoms with Gasteiger partial charge in [-0.1, -0.05) is 24.8 Å². The minimum atomic E-state index is -0.570. The van der Waals surface area contributed by atoms with E-state index in [1.807, 2.05) is 88.8 Å². The van der Waals surface area contributed by atoms with Gasteiger partial charge in [-0.25, -0.2) is 14.6 Å². The van der Waals surface area contributed by atoms with Crippen LogP contribution in [-0.2, 0) is 16.5 Å². The van der Waals surface area contributed by atoms with Crippen molar-refractivity contribution in [3.05, 3.63) is 78.6 Å². The lowest BCUT2D eigenvalue weighted by Crippen LogP contribution is -2.47. The van der Waals surface area contributed by atoms with Crippen molar-refractivity contribution < 1.29 is 28.6 Å². The van der Waals surface area contributed by atoms with Crippen LogP contribution in [0.15, 0.2) is 67.5 Å². The number of para-hydroxylation sites is 1. The van der Waals surface area contributed by atoms with E-state index in [1.54, 1.807) is 13.2 Å². The van der Waals surface area contributed by atoms with E-state index in [-0.39, 0.29) is 17.4 Å². The van der Waals surface area contributed by atoms with Crippen molar-refractivity contribution in [1.29, 1.82) is 0 Å². The third-order valence-corrected chi connectivity index (χ3v) is 9.83. The van der Waals surface area contributed by atoms with Crippen LogP contribution in [0.5, 0.6) is 5.75 Å². The highest BCUT2D eigenvalue weighted by atomic mass is 16.6. The van der Waals surface area contributed by atoms with E-state index in [0.29, 0.717) is 45.8 Å². The average molecular weight is 708 g/mol. The molecule has 2 N–H and O–H groups in total. The molecule has 11 nitrogen and oxygen atoms in total. The molecule has 1 aliphatic carbocycles. The molecule has 0 radical (unpaired) electrons. The number of methoxy groups -OCH3 is 1. The SMILES string of the molecule is C=CC(=O)c1cc(Nc2cc(-c3cn(C)c4ccccc34)c(C(=O)OC(C)C)cn2)c(OC)cc1N1CC2CC(C)(NC(=O)OC(C)(C)C)CC2C1. The predicted molar refractivity (Wildman–Crippen MR) is 204 cm³/mol. The standard InChI is InChI=1S/C41H49N5O6/c1-10-35(47)29-15-32(36(50-9)17-34(29)46-21-25-18-41(7,19-26(25)22-46)44-39(49)52-40(4,5)6)43-37-16-28(30(20-42-37)38(48)51-24(2)3)31-23-45(8)33-14-12-11-13-27(31)33/h10-17,20,23-26H,1,18-19,21-22H2,2-9H3,(H,42,43)(H,44,49). The van der Waals surface area contributed by atoms with Crippen molar-refractivity contribution in [3.63, 3.8) is 0 Å². The first-order valence-electron chi connectivity index (χ1n) is 17.8. The van der Waals surface area contributed by atoms with Crippen molar-refractivity contribution in [1.82, 2.24) is 14.9 Å². The van der Waals surface area contributed by atoms with Gasteiger partial charge in [-0.15, -0.1) is 0 Å². The van der Waals surface area contributed by atoms with Crippen LogP contribution >= 0.6 is 0 Å². The Kier molecular flexibility index (Phi) is 9.83. The number of allylic oxidation sites excluding steroid dienone is 1. The number of aromatic nitrogens is 2. The van der Waals surface area contributed by atoms with Gasteiger partial charge in [0.15, 0.2) is 5.78 Å². The molecule has 2 aliphatic rings. The Hall–Kier alpha value is -5.32. The fourth-order valence-corrected chi connectivity index (χ4v) is 7.78. The van der Waals surface area contributed by atoms with Crippen LogP contribution in [0.1, 0.15) is 75.1 Å². The highest BCUT2D eigenvalue weighted by molar-refractivity contribution is 6.10. The molecule has 11 heteroatoms. The van der Waals surface area contributed by atoms with Crippen LogP contribution in [0, 0.1) is 11.8 Å². The van der Waals surface area contributed by atoms with Gasteiger partial charge in [0.25, 0.3) is 0 Å². The number of esters is 1. The maximum Gasteiger partial charge on any atom is 0.408 e. The number of fused-ring (bicyclic) bond motifs is 2. The lowest BCUT2D eigenvalue weighted by atomic mass is 9.98. The van der Waals surface area contributed by atoms with Crippen LogP contribution in [0.4, 0.5) is 22.0 Å². The molecule has 2 unspecified atom stereocenters. The number of ether oxygens (including phenoxy) is 3. The lowest BCUT2D eigenvalue weighted by molar-refractivity contribution is 0.0376. The molecule has 1 saturated heterocycles. The zero-order valence-electron chi connectivity index (χ0n) is 31.3. The third kappa shape index (κ3) is 7.49. The molecule has 6 rings (SSSR count).